The lowest BCUT2D eigenvalue weighted by molar-refractivity contribution is -0.941. The van der Waals surface area contributed by atoms with Gasteiger partial charge in [-0.3, -0.25) is 0 Å². The molecule has 0 amide bonds. The minimum atomic E-state index is -6.00. The molecule has 2 aliphatic heterocycles. The van der Waals surface area contributed by atoms with Crippen LogP contribution in [0, 0.1) is 0 Å². The van der Waals surface area contributed by atoms with Crippen LogP contribution in [-0.4, -0.2) is 98.3 Å². The summed E-state index contributed by atoms with van der Waals surface area (Å²) in [5.41, 5.74) is 0. The molecule has 0 radical (unpaired) electrons. The molecule has 0 aliphatic carbocycles. The number of nitrogens with zero attached hydrogens (tertiary/aromatic N) is 2. The second-order valence-electron chi connectivity index (χ2n) is 8.82. The van der Waals surface area contributed by atoms with Crippen molar-refractivity contribution in [1.82, 2.24) is 0 Å². The van der Waals surface area contributed by atoms with Gasteiger partial charge in [-0.2, -0.15) is 0 Å². The van der Waals surface area contributed by atoms with Gasteiger partial charge < -0.3 is 53.7 Å². The Morgan fingerprint density at radius 1 is 0.562 bits per heavy atom. The predicted octanol–water partition coefficient (Wildman–Crippen LogP) is 4.35. The highest BCUT2D eigenvalue weighted by Gasteiger charge is 2.38. The Morgan fingerprint density at radius 2 is 0.781 bits per heavy atom. The number of aliphatic hydroxyl groups excluding tert-OH is 2. The van der Waals surface area contributed by atoms with E-state index in [2.05, 4.69) is 13.8 Å². The molecule has 0 bridgehead atoms. The summed E-state index contributed by atoms with van der Waals surface area (Å²) in [6.07, 6.45) is 6.60. The van der Waals surface area contributed by atoms with Crippen molar-refractivity contribution in [3.63, 3.8) is 0 Å². The molecule has 32 heavy (non-hydrogen) atoms. The number of likely N-dealkylation sites (tertiary alicyclic amines) is 2. The van der Waals surface area contributed by atoms with Gasteiger partial charge in [0.15, 0.2) is 0 Å². The number of hydrogen-bond donors (Lipinski definition) is 2. The highest BCUT2D eigenvalue weighted by molar-refractivity contribution is 6.50. The predicted molar refractivity (Wildman–Crippen MR) is 111 cm³/mol. The lowest BCUT2D eigenvalue weighted by Gasteiger charge is -2.45. The first-order valence-corrected chi connectivity index (χ1v) is 11.4. The number of piperidine rings is 2. The summed E-state index contributed by atoms with van der Waals surface area (Å²) in [5.74, 6) is 0. The van der Waals surface area contributed by atoms with E-state index in [0.29, 0.717) is 0 Å². The molecule has 0 aromatic rings. The largest absolute Gasteiger partial charge is 0.673 e. The van der Waals surface area contributed by atoms with E-state index in [9.17, 15) is 44.7 Å². The molecular formula is C18H38B2F8N2O2. The smallest absolute Gasteiger partial charge is 0.418 e. The molecule has 14 heteroatoms. The summed E-state index contributed by atoms with van der Waals surface area (Å²) < 4.78 is 80.0. The summed E-state index contributed by atoms with van der Waals surface area (Å²) in [7, 11) is -12.0. The van der Waals surface area contributed by atoms with Crippen LogP contribution in [0.25, 0.3) is 0 Å². The minimum absolute atomic E-state index is 0.568. The molecule has 2 aliphatic rings. The van der Waals surface area contributed by atoms with E-state index in [1.54, 1.807) is 0 Å². The van der Waals surface area contributed by atoms with E-state index in [1.165, 1.54) is 64.7 Å². The van der Waals surface area contributed by atoms with Crippen molar-refractivity contribution in [1.29, 1.82) is 0 Å². The maximum Gasteiger partial charge on any atom is 0.673 e. The zero-order valence-electron chi connectivity index (χ0n) is 19.0. The first-order valence-electron chi connectivity index (χ1n) is 11.4. The van der Waals surface area contributed by atoms with Gasteiger partial charge in [0.25, 0.3) is 0 Å². The Bertz CT molecular complexity index is 444. The number of aliphatic hydroxyl groups is 2. The molecule has 2 fully saturated rings. The summed E-state index contributed by atoms with van der Waals surface area (Å²) in [4.78, 5) is 0. The van der Waals surface area contributed by atoms with Crippen molar-refractivity contribution in [3.05, 3.63) is 0 Å². The third kappa shape index (κ3) is 15.3. The van der Waals surface area contributed by atoms with Crippen LogP contribution in [0.15, 0.2) is 0 Å². The van der Waals surface area contributed by atoms with Crippen LogP contribution in [0.1, 0.15) is 52.4 Å². The number of rotatable bonds is 7. The second-order valence-corrected chi connectivity index (χ2v) is 8.82. The Morgan fingerprint density at radius 3 is 0.969 bits per heavy atom. The molecule has 2 unspecified atom stereocenters. The monoisotopic (exact) mass is 488 g/mol. The second kappa shape index (κ2) is 14.0. The Hall–Kier alpha value is -0.590. The fourth-order valence-corrected chi connectivity index (χ4v) is 4.66. The molecule has 0 saturated carbocycles. The molecule has 2 rings (SSSR count). The summed E-state index contributed by atoms with van der Waals surface area (Å²) in [6, 6.07) is 0. The van der Waals surface area contributed by atoms with Gasteiger partial charge in [0, 0.05) is 0 Å². The fourth-order valence-electron chi connectivity index (χ4n) is 4.66. The molecule has 2 heterocycles. The Balaban J connectivity index is 0.000000805. The number of hydrogen-bond acceptors (Lipinski definition) is 2. The standard InChI is InChI=1S/C18H38N2O2.2BF4/c1-3-19(11-7-5-8-12-19)15-17(21)18(22)16-20(4-2)13-9-6-10-14-20;2*2-1(3,4)5/h17-18,21-22H,3-16H2,1-2H3;;/q+2;2*-1. The van der Waals surface area contributed by atoms with Crippen LogP contribution >= 0.6 is 0 Å². The Kier molecular flexibility index (Phi) is 13.7. The number of likely N-dealkylation sites (N-methyl/N-ethyl adjacent to an activating group) is 2. The van der Waals surface area contributed by atoms with Gasteiger partial charge in [-0.15, -0.1) is 0 Å². The highest BCUT2D eigenvalue weighted by atomic mass is 19.5. The lowest BCUT2D eigenvalue weighted by atomic mass is 10.0. The molecule has 2 saturated heterocycles. The third-order valence-electron chi connectivity index (χ3n) is 6.46. The maximum atomic E-state index is 10.6. The summed E-state index contributed by atoms with van der Waals surface area (Å²) >= 11 is 0. The van der Waals surface area contributed by atoms with E-state index >= 15 is 0 Å². The molecule has 0 aromatic carbocycles. The van der Waals surface area contributed by atoms with Crippen LogP contribution in [0.2, 0.25) is 0 Å². The summed E-state index contributed by atoms with van der Waals surface area (Å²) in [6.45, 7) is 12.8. The topological polar surface area (TPSA) is 40.5 Å². The van der Waals surface area contributed by atoms with E-state index in [1.807, 2.05) is 0 Å². The molecular weight excluding hydrogens is 450 g/mol. The van der Waals surface area contributed by atoms with Crippen LogP contribution in [0.5, 0.6) is 0 Å². The van der Waals surface area contributed by atoms with Crippen LogP contribution in [-0.2, 0) is 0 Å². The van der Waals surface area contributed by atoms with E-state index in [4.69, 9.17) is 0 Å². The first kappa shape index (κ1) is 31.4. The van der Waals surface area contributed by atoms with Crippen molar-refractivity contribution < 1.29 is 53.7 Å². The van der Waals surface area contributed by atoms with E-state index in [-0.39, 0.29) is 0 Å². The zero-order valence-corrected chi connectivity index (χ0v) is 19.0. The zero-order chi connectivity index (χ0) is 25.1. The molecule has 2 atom stereocenters. The molecule has 0 aromatic heterocycles. The quantitative estimate of drug-likeness (QED) is 0.318. The number of halogens is 8. The average molecular weight is 488 g/mol. The van der Waals surface area contributed by atoms with Gasteiger partial charge in [-0.25, -0.2) is 0 Å². The van der Waals surface area contributed by atoms with Gasteiger partial charge in [0.05, 0.1) is 39.3 Å². The molecule has 194 valence electrons. The van der Waals surface area contributed by atoms with Crippen molar-refractivity contribution in [2.75, 3.05) is 52.4 Å². The third-order valence-corrected chi connectivity index (χ3v) is 6.46. The molecule has 0 spiro atoms. The SMILES string of the molecule is CC[N+]1(CC(O)C(O)C[N+]2(CC)CCCCC2)CCCCC1.F[B-](F)(F)F.F[B-](F)(F)F. The van der Waals surface area contributed by atoms with E-state index in [0.717, 1.165) is 35.1 Å². The molecule has 4 nitrogen and oxygen atoms in total. The normalized spacial score (nSPS) is 22.5. The van der Waals surface area contributed by atoms with Crippen molar-refractivity contribution in [2.45, 2.75) is 64.6 Å². The highest BCUT2D eigenvalue weighted by Crippen LogP contribution is 2.23. The van der Waals surface area contributed by atoms with Crippen LogP contribution in [0.4, 0.5) is 34.5 Å². The van der Waals surface area contributed by atoms with E-state index < -0.39 is 26.7 Å². The maximum absolute atomic E-state index is 10.6. The summed E-state index contributed by atoms with van der Waals surface area (Å²) in [5, 5.41) is 21.3. The minimum Gasteiger partial charge on any atom is -0.418 e. The van der Waals surface area contributed by atoms with Gasteiger partial charge in [0.1, 0.15) is 25.3 Å². The fraction of sp³-hybridized carbons (Fsp3) is 1.00. The van der Waals surface area contributed by atoms with Gasteiger partial charge >= 0.3 is 14.5 Å². The van der Waals surface area contributed by atoms with Gasteiger partial charge in [-0.1, -0.05) is 0 Å². The molecule has 2 N–H and O–H groups in total. The average Bonchev–Trinajstić information content (AvgIpc) is 2.67. The number of quaternary nitrogens is 2. The Labute approximate surface area is 186 Å². The van der Waals surface area contributed by atoms with Crippen LogP contribution < -0.4 is 0 Å². The van der Waals surface area contributed by atoms with Crippen molar-refractivity contribution in [3.8, 4) is 0 Å². The van der Waals surface area contributed by atoms with Crippen LogP contribution in [0.3, 0.4) is 0 Å². The van der Waals surface area contributed by atoms with Crippen molar-refractivity contribution >= 4 is 14.5 Å². The van der Waals surface area contributed by atoms with Gasteiger partial charge in [0.2, 0.25) is 0 Å². The van der Waals surface area contributed by atoms with Crippen molar-refractivity contribution in [2.24, 2.45) is 0 Å². The lowest BCUT2D eigenvalue weighted by Crippen LogP contribution is -2.61. The van der Waals surface area contributed by atoms with Gasteiger partial charge in [-0.05, 0) is 52.4 Å². The first-order chi connectivity index (χ1) is 14.5.